The van der Waals surface area contributed by atoms with Crippen LogP contribution in [-0.2, 0) is 11.2 Å². The standard InChI is InChI=1S/C17H18O3/c1-2-3-4-7-13-8-5-10-15-14(13)9-6-11-16(15)20-12-17(18)19/h2-3,5-6,8-11H,4,7,12H2,1H3,(H,18,19)/b3-2+. The molecule has 2 rings (SSSR count). The van der Waals surface area contributed by atoms with E-state index < -0.39 is 5.97 Å². The zero-order valence-electron chi connectivity index (χ0n) is 11.5. The number of ether oxygens (including phenoxy) is 1. The number of hydrogen-bond acceptors (Lipinski definition) is 2. The van der Waals surface area contributed by atoms with Crippen molar-refractivity contribution in [1.29, 1.82) is 0 Å². The highest BCUT2D eigenvalue weighted by Gasteiger charge is 2.06. The first-order chi connectivity index (χ1) is 9.72. The molecule has 0 heterocycles. The zero-order chi connectivity index (χ0) is 14.4. The Kier molecular flexibility index (Phi) is 4.77. The van der Waals surface area contributed by atoms with E-state index in [2.05, 4.69) is 12.1 Å². The number of rotatable bonds is 6. The Morgan fingerprint density at radius 1 is 1.20 bits per heavy atom. The first kappa shape index (κ1) is 14.1. The second-order valence-corrected chi connectivity index (χ2v) is 4.56. The number of aryl methyl sites for hydroxylation is 1. The van der Waals surface area contributed by atoms with Gasteiger partial charge in [0.2, 0.25) is 0 Å². The van der Waals surface area contributed by atoms with Crippen molar-refractivity contribution in [2.45, 2.75) is 19.8 Å². The van der Waals surface area contributed by atoms with Gasteiger partial charge in [-0.15, -0.1) is 0 Å². The van der Waals surface area contributed by atoms with Crippen LogP contribution in [-0.4, -0.2) is 17.7 Å². The van der Waals surface area contributed by atoms with Gasteiger partial charge in [0.25, 0.3) is 0 Å². The number of fused-ring (bicyclic) bond motifs is 1. The monoisotopic (exact) mass is 270 g/mol. The van der Waals surface area contributed by atoms with Crippen molar-refractivity contribution in [3.63, 3.8) is 0 Å². The predicted molar refractivity (Wildman–Crippen MR) is 80.2 cm³/mol. The van der Waals surface area contributed by atoms with Gasteiger partial charge in [-0.05, 0) is 36.8 Å². The molecule has 0 radical (unpaired) electrons. The second-order valence-electron chi connectivity index (χ2n) is 4.56. The molecule has 0 aromatic heterocycles. The molecule has 2 aromatic rings. The lowest BCUT2D eigenvalue weighted by Crippen LogP contribution is -2.09. The van der Waals surface area contributed by atoms with Crippen LogP contribution < -0.4 is 4.74 Å². The molecule has 0 unspecified atom stereocenters. The van der Waals surface area contributed by atoms with Gasteiger partial charge in [-0.1, -0.05) is 42.5 Å². The molecule has 20 heavy (non-hydrogen) atoms. The minimum atomic E-state index is -0.966. The van der Waals surface area contributed by atoms with Gasteiger partial charge in [-0.2, -0.15) is 0 Å². The van der Waals surface area contributed by atoms with Gasteiger partial charge in [0, 0.05) is 5.39 Å². The maximum Gasteiger partial charge on any atom is 0.341 e. The van der Waals surface area contributed by atoms with E-state index in [-0.39, 0.29) is 6.61 Å². The fraction of sp³-hybridized carbons (Fsp3) is 0.235. The van der Waals surface area contributed by atoms with Gasteiger partial charge in [-0.25, -0.2) is 4.79 Å². The van der Waals surface area contributed by atoms with Crippen LogP contribution in [0.1, 0.15) is 18.9 Å². The molecule has 0 saturated carbocycles. The molecule has 0 atom stereocenters. The number of carboxylic acid groups (broad SMARTS) is 1. The molecule has 3 nitrogen and oxygen atoms in total. The van der Waals surface area contributed by atoms with Crippen molar-refractivity contribution in [2.24, 2.45) is 0 Å². The fourth-order valence-electron chi connectivity index (χ4n) is 2.24. The highest BCUT2D eigenvalue weighted by molar-refractivity contribution is 5.91. The van der Waals surface area contributed by atoms with Crippen LogP contribution >= 0.6 is 0 Å². The smallest absolute Gasteiger partial charge is 0.341 e. The minimum absolute atomic E-state index is 0.318. The van der Waals surface area contributed by atoms with Gasteiger partial charge in [0.1, 0.15) is 5.75 Å². The molecule has 104 valence electrons. The summed E-state index contributed by atoms with van der Waals surface area (Å²) < 4.78 is 5.35. The lowest BCUT2D eigenvalue weighted by atomic mass is 10.0. The van der Waals surface area contributed by atoms with E-state index in [1.807, 2.05) is 37.3 Å². The van der Waals surface area contributed by atoms with Crippen LogP contribution in [0.4, 0.5) is 0 Å². The van der Waals surface area contributed by atoms with E-state index in [1.54, 1.807) is 6.07 Å². The van der Waals surface area contributed by atoms with Gasteiger partial charge < -0.3 is 9.84 Å². The number of carboxylic acids is 1. The summed E-state index contributed by atoms with van der Waals surface area (Å²) in [4.78, 5) is 10.6. The van der Waals surface area contributed by atoms with Gasteiger partial charge in [0.05, 0.1) is 0 Å². The first-order valence-electron chi connectivity index (χ1n) is 6.68. The van der Waals surface area contributed by atoms with Crippen LogP contribution in [0.2, 0.25) is 0 Å². The zero-order valence-corrected chi connectivity index (χ0v) is 11.5. The molecule has 0 fully saturated rings. The third-order valence-electron chi connectivity index (χ3n) is 3.14. The van der Waals surface area contributed by atoms with Crippen LogP contribution in [0, 0.1) is 0 Å². The van der Waals surface area contributed by atoms with Crippen LogP contribution in [0.15, 0.2) is 48.6 Å². The molecular formula is C17H18O3. The minimum Gasteiger partial charge on any atom is -0.481 e. The Hall–Kier alpha value is -2.29. The topological polar surface area (TPSA) is 46.5 Å². The van der Waals surface area contributed by atoms with E-state index in [0.29, 0.717) is 5.75 Å². The van der Waals surface area contributed by atoms with Crippen LogP contribution in [0.3, 0.4) is 0 Å². The summed E-state index contributed by atoms with van der Waals surface area (Å²) in [6.07, 6.45) is 6.15. The van der Waals surface area contributed by atoms with E-state index in [0.717, 1.165) is 23.6 Å². The molecule has 0 aliphatic heterocycles. The van der Waals surface area contributed by atoms with E-state index in [1.165, 1.54) is 5.56 Å². The number of allylic oxidation sites excluding steroid dienone is 2. The predicted octanol–water partition coefficient (Wildman–Crippen LogP) is 3.81. The molecule has 3 heteroatoms. The SMILES string of the molecule is C/C=C/CCc1cccc2c(OCC(=O)O)cccc12. The molecule has 1 N–H and O–H groups in total. The highest BCUT2D eigenvalue weighted by Crippen LogP contribution is 2.28. The van der Waals surface area contributed by atoms with Crippen molar-refractivity contribution in [2.75, 3.05) is 6.61 Å². The van der Waals surface area contributed by atoms with Crippen molar-refractivity contribution >= 4 is 16.7 Å². The Morgan fingerprint density at radius 2 is 1.95 bits per heavy atom. The van der Waals surface area contributed by atoms with Gasteiger partial charge in [0.15, 0.2) is 6.61 Å². The molecule has 0 spiro atoms. The average Bonchev–Trinajstić information content (AvgIpc) is 2.45. The normalized spacial score (nSPS) is 11.1. The summed E-state index contributed by atoms with van der Waals surface area (Å²) in [6, 6.07) is 11.8. The number of hydrogen-bond donors (Lipinski definition) is 1. The quantitative estimate of drug-likeness (QED) is 0.812. The Bertz CT molecular complexity index is 629. The highest BCUT2D eigenvalue weighted by atomic mass is 16.5. The molecule has 0 amide bonds. The number of benzene rings is 2. The summed E-state index contributed by atoms with van der Waals surface area (Å²) in [5.74, 6) is -0.343. The van der Waals surface area contributed by atoms with Crippen LogP contribution in [0.25, 0.3) is 10.8 Å². The molecular weight excluding hydrogens is 252 g/mol. The maximum absolute atomic E-state index is 10.6. The summed E-state index contributed by atoms with van der Waals surface area (Å²) in [5, 5.41) is 10.8. The van der Waals surface area contributed by atoms with Crippen molar-refractivity contribution in [3.8, 4) is 5.75 Å². The first-order valence-corrected chi connectivity index (χ1v) is 6.68. The largest absolute Gasteiger partial charge is 0.481 e. The van der Waals surface area contributed by atoms with Crippen molar-refractivity contribution in [3.05, 3.63) is 54.1 Å². The third kappa shape index (κ3) is 3.38. The Labute approximate surface area is 118 Å². The molecule has 0 bridgehead atoms. The molecule has 0 aliphatic rings. The van der Waals surface area contributed by atoms with Crippen molar-refractivity contribution < 1.29 is 14.6 Å². The molecule has 0 aliphatic carbocycles. The van der Waals surface area contributed by atoms with E-state index in [9.17, 15) is 4.79 Å². The summed E-state index contributed by atoms with van der Waals surface area (Å²) in [6.45, 7) is 1.70. The molecule has 2 aromatic carbocycles. The van der Waals surface area contributed by atoms with E-state index in [4.69, 9.17) is 9.84 Å². The average molecular weight is 270 g/mol. The van der Waals surface area contributed by atoms with Crippen LogP contribution in [0.5, 0.6) is 5.75 Å². The lowest BCUT2D eigenvalue weighted by molar-refractivity contribution is -0.139. The number of aliphatic carboxylic acids is 1. The number of carbonyl (C=O) groups is 1. The lowest BCUT2D eigenvalue weighted by Gasteiger charge is -2.10. The molecule has 0 saturated heterocycles. The summed E-state index contributed by atoms with van der Waals surface area (Å²) in [7, 11) is 0. The second kappa shape index (κ2) is 6.75. The third-order valence-corrected chi connectivity index (χ3v) is 3.14. The van der Waals surface area contributed by atoms with Gasteiger partial charge >= 0.3 is 5.97 Å². The summed E-state index contributed by atoms with van der Waals surface area (Å²) >= 11 is 0. The Morgan fingerprint density at radius 3 is 2.70 bits per heavy atom. The van der Waals surface area contributed by atoms with Crippen molar-refractivity contribution in [1.82, 2.24) is 0 Å². The summed E-state index contributed by atoms with van der Waals surface area (Å²) in [5.41, 5.74) is 1.25. The van der Waals surface area contributed by atoms with Gasteiger partial charge in [-0.3, -0.25) is 0 Å². The van der Waals surface area contributed by atoms with E-state index >= 15 is 0 Å². The maximum atomic E-state index is 10.6. The Balaban J connectivity index is 2.33. The fourth-order valence-corrected chi connectivity index (χ4v) is 2.24.